The van der Waals surface area contributed by atoms with E-state index >= 15 is 0 Å². The van der Waals surface area contributed by atoms with Crippen molar-refractivity contribution in [2.45, 2.75) is 26.3 Å². The molecule has 0 spiro atoms. The number of nitrogens with one attached hydrogen (secondary N) is 1. The molecule has 0 aliphatic rings. The summed E-state index contributed by atoms with van der Waals surface area (Å²) in [6.45, 7) is 2.56. The second-order valence-electron chi connectivity index (χ2n) is 5.41. The van der Waals surface area contributed by atoms with Crippen LogP contribution in [0.5, 0.6) is 0 Å². The number of imidazole rings is 1. The smallest absolute Gasteiger partial charge is 0.321 e. The number of H-pyrrole nitrogens is 1. The van der Waals surface area contributed by atoms with Crippen LogP contribution in [-0.4, -0.2) is 19.1 Å². The topological polar surface area (TPSA) is 72.7 Å². The summed E-state index contributed by atoms with van der Waals surface area (Å²) < 4.78 is 3.19. The van der Waals surface area contributed by atoms with E-state index < -0.39 is 11.2 Å². The Bertz CT molecular complexity index is 984. The minimum Gasteiger partial charge on any atom is -0.321 e. The summed E-state index contributed by atoms with van der Waals surface area (Å²) in [5, 5.41) is 0.546. The fourth-order valence-corrected chi connectivity index (χ4v) is 2.87. The Hall–Kier alpha value is -2.34. The van der Waals surface area contributed by atoms with Crippen LogP contribution in [-0.2, 0) is 13.6 Å². The van der Waals surface area contributed by atoms with Gasteiger partial charge in [-0.3, -0.25) is 14.3 Å². The van der Waals surface area contributed by atoms with Gasteiger partial charge in [0.2, 0.25) is 0 Å². The predicted octanol–water partition coefficient (Wildman–Crippen LogP) is 2.54. The van der Waals surface area contributed by atoms with Gasteiger partial charge in [0.05, 0.1) is 5.02 Å². The number of aromatic nitrogens is 4. The Morgan fingerprint density at radius 1 is 1.26 bits per heavy atom. The highest BCUT2D eigenvalue weighted by atomic mass is 35.5. The number of hydrogen-bond donors (Lipinski definition) is 1. The van der Waals surface area contributed by atoms with Gasteiger partial charge in [-0.25, -0.2) is 9.78 Å². The molecule has 6 nitrogen and oxygen atoms in total. The van der Waals surface area contributed by atoms with E-state index in [2.05, 4.69) is 9.97 Å². The first-order valence-corrected chi connectivity index (χ1v) is 7.86. The van der Waals surface area contributed by atoms with Crippen LogP contribution in [0, 0.1) is 0 Å². The molecule has 23 heavy (non-hydrogen) atoms. The van der Waals surface area contributed by atoms with E-state index in [4.69, 9.17) is 11.6 Å². The average Bonchev–Trinajstić information content (AvgIpc) is 2.85. The van der Waals surface area contributed by atoms with Crippen molar-refractivity contribution < 1.29 is 0 Å². The van der Waals surface area contributed by atoms with Gasteiger partial charge in [-0.2, -0.15) is 0 Å². The summed E-state index contributed by atoms with van der Waals surface area (Å²) in [7, 11) is 1.75. The maximum atomic E-state index is 12.2. The van der Waals surface area contributed by atoms with Crippen molar-refractivity contribution in [2.24, 2.45) is 7.05 Å². The Morgan fingerprint density at radius 2 is 2.00 bits per heavy atom. The summed E-state index contributed by atoms with van der Waals surface area (Å²) in [6, 6.07) is 7.30. The van der Waals surface area contributed by atoms with E-state index in [0.717, 1.165) is 18.4 Å². The number of aromatic amines is 1. The summed E-state index contributed by atoms with van der Waals surface area (Å²) in [5.41, 5.74) is 0.618. The number of benzene rings is 1. The lowest BCUT2D eigenvalue weighted by Gasteiger charge is -2.04. The number of rotatable bonds is 4. The highest BCUT2D eigenvalue weighted by Crippen LogP contribution is 2.28. The van der Waals surface area contributed by atoms with Crippen LogP contribution in [0.2, 0.25) is 5.02 Å². The monoisotopic (exact) mass is 332 g/mol. The highest BCUT2D eigenvalue weighted by Gasteiger charge is 2.18. The van der Waals surface area contributed by atoms with E-state index in [1.54, 1.807) is 17.7 Å². The largest absolute Gasteiger partial charge is 0.330 e. The third-order valence-corrected chi connectivity index (χ3v) is 4.19. The zero-order valence-electron chi connectivity index (χ0n) is 13.0. The lowest BCUT2D eigenvalue weighted by molar-refractivity contribution is 0.613. The zero-order valence-corrected chi connectivity index (χ0v) is 13.7. The normalized spacial score (nSPS) is 11.3. The zero-order chi connectivity index (χ0) is 16.6. The Labute approximate surface area is 137 Å². The molecule has 2 aromatic heterocycles. The van der Waals surface area contributed by atoms with E-state index in [1.165, 1.54) is 4.57 Å². The fourth-order valence-electron chi connectivity index (χ4n) is 2.65. The number of aryl methyl sites for hydroxylation is 2. The maximum Gasteiger partial charge on any atom is 0.330 e. The quantitative estimate of drug-likeness (QED) is 0.798. The first-order chi connectivity index (χ1) is 11.0. The van der Waals surface area contributed by atoms with Gasteiger partial charge in [0.25, 0.3) is 5.56 Å². The van der Waals surface area contributed by atoms with Gasteiger partial charge in [-0.1, -0.05) is 37.1 Å². The van der Waals surface area contributed by atoms with E-state index in [0.29, 0.717) is 28.6 Å². The second-order valence-corrected chi connectivity index (χ2v) is 5.82. The van der Waals surface area contributed by atoms with Crippen molar-refractivity contribution in [3.63, 3.8) is 0 Å². The molecule has 120 valence electrons. The molecule has 0 unspecified atom stereocenters. The predicted molar refractivity (Wildman–Crippen MR) is 90.9 cm³/mol. The molecule has 0 saturated carbocycles. The van der Waals surface area contributed by atoms with Crippen molar-refractivity contribution in [1.82, 2.24) is 19.1 Å². The maximum absolute atomic E-state index is 12.2. The van der Waals surface area contributed by atoms with E-state index in [9.17, 15) is 9.59 Å². The average molecular weight is 333 g/mol. The van der Waals surface area contributed by atoms with Gasteiger partial charge < -0.3 is 4.57 Å². The van der Waals surface area contributed by atoms with Crippen molar-refractivity contribution in [3.8, 4) is 11.4 Å². The molecule has 0 atom stereocenters. The molecular formula is C16H17ClN4O2. The molecule has 7 heteroatoms. The van der Waals surface area contributed by atoms with Crippen molar-refractivity contribution in [2.75, 3.05) is 0 Å². The molecule has 1 aromatic carbocycles. The van der Waals surface area contributed by atoms with Crippen molar-refractivity contribution >= 4 is 22.8 Å². The van der Waals surface area contributed by atoms with Gasteiger partial charge in [-0.15, -0.1) is 0 Å². The number of hydrogen-bond acceptors (Lipinski definition) is 3. The SMILES string of the molecule is CCCCn1c(=O)[nH]c(=O)c2c1nc(-c1ccccc1Cl)n2C. The lowest BCUT2D eigenvalue weighted by Crippen LogP contribution is -2.31. The minimum atomic E-state index is -0.439. The first-order valence-electron chi connectivity index (χ1n) is 7.49. The first kappa shape index (κ1) is 15.6. The van der Waals surface area contributed by atoms with Crippen LogP contribution < -0.4 is 11.2 Å². The van der Waals surface area contributed by atoms with E-state index in [1.807, 2.05) is 25.1 Å². The third kappa shape index (κ3) is 2.59. The molecule has 0 aliphatic heterocycles. The van der Waals surface area contributed by atoms with Crippen LogP contribution in [0.25, 0.3) is 22.6 Å². The molecule has 0 aliphatic carbocycles. The molecule has 1 N–H and O–H groups in total. The van der Waals surface area contributed by atoms with Crippen LogP contribution in [0.1, 0.15) is 19.8 Å². The molecule has 3 aromatic rings. The number of unbranched alkanes of at least 4 members (excludes halogenated alkanes) is 1. The number of nitrogens with zero attached hydrogens (tertiary/aromatic N) is 3. The fraction of sp³-hybridized carbons (Fsp3) is 0.312. The molecule has 0 fully saturated rings. The van der Waals surface area contributed by atoms with Crippen LogP contribution in [0.4, 0.5) is 0 Å². The van der Waals surface area contributed by atoms with Crippen molar-refractivity contribution in [1.29, 1.82) is 0 Å². The van der Waals surface area contributed by atoms with E-state index in [-0.39, 0.29) is 0 Å². The van der Waals surface area contributed by atoms with Crippen molar-refractivity contribution in [3.05, 3.63) is 50.1 Å². The standard InChI is InChI=1S/C16H17ClN4O2/c1-3-4-9-21-14-12(15(22)19-16(21)23)20(2)13(18-14)10-7-5-6-8-11(10)17/h5-8H,3-4,9H2,1-2H3,(H,19,22,23). The highest BCUT2D eigenvalue weighted by molar-refractivity contribution is 6.33. The Balaban J connectivity index is 2.34. The van der Waals surface area contributed by atoms with Gasteiger partial charge in [-0.05, 0) is 18.6 Å². The second kappa shape index (κ2) is 6.04. The Kier molecular flexibility index (Phi) is 4.09. The van der Waals surface area contributed by atoms with Gasteiger partial charge in [0.1, 0.15) is 5.82 Å². The Morgan fingerprint density at radius 3 is 2.70 bits per heavy atom. The molecule has 2 heterocycles. The van der Waals surface area contributed by atoms with Gasteiger partial charge >= 0.3 is 5.69 Å². The summed E-state index contributed by atoms with van der Waals surface area (Å²) in [5.74, 6) is 0.562. The van der Waals surface area contributed by atoms with Crippen LogP contribution >= 0.6 is 11.6 Å². The van der Waals surface area contributed by atoms with Crippen LogP contribution in [0.15, 0.2) is 33.9 Å². The molecule has 3 rings (SSSR count). The number of halogens is 1. The molecule has 0 saturated heterocycles. The summed E-state index contributed by atoms with van der Waals surface area (Å²) in [6.07, 6.45) is 1.77. The summed E-state index contributed by atoms with van der Waals surface area (Å²) in [4.78, 5) is 31.2. The van der Waals surface area contributed by atoms with Gasteiger partial charge in [0, 0.05) is 19.2 Å². The van der Waals surface area contributed by atoms with Crippen LogP contribution in [0.3, 0.4) is 0 Å². The molecule has 0 radical (unpaired) electrons. The number of fused-ring (bicyclic) bond motifs is 1. The third-order valence-electron chi connectivity index (χ3n) is 3.86. The molecule has 0 amide bonds. The van der Waals surface area contributed by atoms with Gasteiger partial charge in [0.15, 0.2) is 11.2 Å². The molecular weight excluding hydrogens is 316 g/mol. The lowest BCUT2D eigenvalue weighted by atomic mass is 10.2. The minimum absolute atomic E-state index is 0.371. The molecule has 0 bridgehead atoms. The summed E-state index contributed by atoms with van der Waals surface area (Å²) >= 11 is 6.24.